The molecule has 1 atom stereocenters. The minimum absolute atomic E-state index is 0.0303. The molecular weight excluding hydrogens is 461 g/mol. The van der Waals surface area contributed by atoms with Gasteiger partial charge in [0.1, 0.15) is 17.1 Å². The van der Waals surface area contributed by atoms with Gasteiger partial charge in [0, 0.05) is 11.1 Å². The Morgan fingerprint density at radius 3 is 2.19 bits per heavy atom. The van der Waals surface area contributed by atoms with Gasteiger partial charge in [0.2, 0.25) is 0 Å². The van der Waals surface area contributed by atoms with E-state index in [1.165, 1.54) is 5.06 Å². The van der Waals surface area contributed by atoms with Gasteiger partial charge in [0.25, 0.3) is 0 Å². The quantitative estimate of drug-likeness (QED) is 0.283. The zero-order valence-electron chi connectivity index (χ0n) is 16.3. The Labute approximate surface area is 174 Å². The summed E-state index contributed by atoms with van der Waals surface area (Å²) in [7, 11) is 0. The molecule has 1 fully saturated rings. The molecule has 7 heteroatoms. The Hall–Kier alpha value is -1.19. The minimum Gasteiger partial charge on any atom is -0.462 e. The summed E-state index contributed by atoms with van der Waals surface area (Å²) < 4.78 is 10.1. The second-order valence-corrected chi connectivity index (χ2v) is 9.40. The largest absolute Gasteiger partial charge is 0.462 e. The first-order chi connectivity index (χ1) is 12.5. The molecule has 0 aliphatic carbocycles. The van der Waals surface area contributed by atoms with E-state index in [4.69, 9.17) is 9.47 Å². The van der Waals surface area contributed by atoms with Crippen LogP contribution in [0.5, 0.6) is 0 Å². The molecule has 0 bridgehead atoms. The number of benzene rings is 1. The van der Waals surface area contributed by atoms with E-state index >= 15 is 0 Å². The fraction of sp³-hybridized carbons (Fsp3) is 0.600. The van der Waals surface area contributed by atoms with Crippen LogP contribution in [0.3, 0.4) is 0 Å². The molecule has 6 nitrogen and oxygen atoms in total. The van der Waals surface area contributed by atoms with Gasteiger partial charge in [-0.3, -0.25) is 9.59 Å². The van der Waals surface area contributed by atoms with Gasteiger partial charge in [-0.05, 0) is 46.1 Å². The maximum absolute atomic E-state index is 12.4. The predicted octanol–water partition coefficient (Wildman–Crippen LogP) is 3.91. The molecule has 1 aromatic carbocycles. The van der Waals surface area contributed by atoms with Crippen molar-refractivity contribution >= 4 is 34.5 Å². The molecule has 1 aliphatic rings. The standard InChI is InChI=1S/C20H28INO5/c1-19(2)12-15(13-20(3,4)22(19)25)17(23)26-10-11-27-18(24)16(21)14-8-6-5-7-9-14/h5-9,15-16,25H,10-13H2,1-4H3. The fourth-order valence-corrected chi connectivity index (χ4v) is 4.27. The average Bonchev–Trinajstić information content (AvgIpc) is 2.62. The molecule has 1 aliphatic heterocycles. The first kappa shape index (κ1) is 22.1. The van der Waals surface area contributed by atoms with E-state index in [0.29, 0.717) is 12.8 Å². The second-order valence-electron chi connectivity index (χ2n) is 8.15. The van der Waals surface area contributed by atoms with Gasteiger partial charge in [-0.2, -0.15) is 5.06 Å². The number of carbonyl (C=O) groups excluding carboxylic acids is 2. The third-order valence-electron chi connectivity index (χ3n) is 4.84. The maximum Gasteiger partial charge on any atom is 0.323 e. The lowest BCUT2D eigenvalue weighted by Gasteiger charge is -2.50. The number of nitrogens with zero attached hydrogens (tertiary/aromatic N) is 1. The number of halogens is 1. The summed E-state index contributed by atoms with van der Waals surface area (Å²) in [6, 6.07) is 9.37. The molecule has 0 spiro atoms. The van der Waals surface area contributed by atoms with Crippen molar-refractivity contribution in [2.45, 2.75) is 55.5 Å². The number of piperidine rings is 1. The van der Waals surface area contributed by atoms with Crippen LogP contribution in [0.4, 0.5) is 0 Å². The van der Waals surface area contributed by atoms with E-state index in [1.54, 1.807) is 0 Å². The topological polar surface area (TPSA) is 76.1 Å². The van der Waals surface area contributed by atoms with Gasteiger partial charge in [-0.25, -0.2) is 0 Å². The Morgan fingerprint density at radius 1 is 1.11 bits per heavy atom. The molecule has 2 rings (SSSR count). The molecule has 0 amide bonds. The summed E-state index contributed by atoms with van der Waals surface area (Å²) in [4.78, 5) is 24.5. The predicted molar refractivity (Wildman–Crippen MR) is 110 cm³/mol. The van der Waals surface area contributed by atoms with E-state index < -0.39 is 15.0 Å². The summed E-state index contributed by atoms with van der Waals surface area (Å²) in [6.45, 7) is 7.67. The summed E-state index contributed by atoms with van der Waals surface area (Å²) >= 11 is 2.03. The Balaban J connectivity index is 1.78. The molecular formula is C20H28INO5. The molecule has 1 unspecified atom stereocenters. The number of esters is 2. The minimum atomic E-state index is -0.512. The number of carbonyl (C=O) groups is 2. The number of rotatable bonds is 6. The highest BCUT2D eigenvalue weighted by molar-refractivity contribution is 14.1. The van der Waals surface area contributed by atoms with E-state index in [9.17, 15) is 14.8 Å². The molecule has 1 saturated heterocycles. The van der Waals surface area contributed by atoms with Crippen molar-refractivity contribution in [1.82, 2.24) is 5.06 Å². The number of hydrogen-bond acceptors (Lipinski definition) is 6. The number of hydroxylamine groups is 2. The van der Waals surface area contributed by atoms with Crippen molar-refractivity contribution in [3.8, 4) is 0 Å². The fourth-order valence-electron chi connectivity index (χ4n) is 3.67. The first-order valence-electron chi connectivity index (χ1n) is 9.06. The van der Waals surface area contributed by atoms with Crippen LogP contribution in [0.2, 0.25) is 0 Å². The lowest BCUT2D eigenvalue weighted by atomic mass is 9.75. The van der Waals surface area contributed by atoms with Crippen LogP contribution in [0.25, 0.3) is 0 Å². The zero-order chi connectivity index (χ0) is 20.2. The van der Waals surface area contributed by atoms with E-state index in [2.05, 4.69) is 0 Å². The number of hydrogen-bond donors (Lipinski definition) is 1. The Bertz CT molecular complexity index is 644. The monoisotopic (exact) mass is 489 g/mol. The molecule has 27 heavy (non-hydrogen) atoms. The van der Waals surface area contributed by atoms with Crippen molar-refractivity contribution in [2.75, 3.05) is 13.2 Å². The molecule has 0 saturated carbocycles. The van der Waals surface area contributed by atoms with Crippen molar-refractivity contribution < 1.29 is 24.3 Å². The van der Waals surface area contributed by atoms with Crippen LogP contribution in [-0.4, -0.2) is 46.5 Å². The van der Waals surface area contributed by atoms with Gasteiger partial charge in [-0.15, -0.1) is 0 Å². The van der Waals surface area contributed by atoms with Crippen molar-refractivity contribution in [1.29, 1.82) is 0 Å². The SMILES string of the molecule is CC1(C)CC(C(=O)OCCOC(=O)C(I)c2ccccc2)CC(C)(C)N1O. The Morgan fingerprint density at radius 2 is 1.63 bits per heavy atom. The molecule has 0 aromatic heterocycles. The van der Waals surface area contributed by atoms with Gasteiger partial charge >= 0.3 is 11.9 Å². The van der Waals surface area contributed by atoms with Crippen molar-refractivity contribution in [3.05, 3.63) is 35.9 Å². The van der Waals surface area contributed by atoms with Crippen LogP contribution in [0.15, 0.2) is 30.3 Å². The zero-order valence-corrected chi connectivity index (χ0v) is 18.4. The van der Waals surface area contributed by atoms with Crippen molar-refractivity contribution in [3.63, 3.8) is 0 Å². The molecule has 1 N–H and O–H groups in total. The average molecular weight is 489 g/mol. The highest BCUT2D eigenvalue weighted by atomic mass is 127. The molecule has 0 radical (unpaired) electrons. The maximum atomic E-state index is 12.4. The number of ether oxygens (including phenoxy) is 2. The second kappa shape index (κ2) is 8.87. The van der Waals surface area contributed by atoms with Gasteiger partial charge in [-0.1, -0.05) is 52.9 Å². The summed E-state index contributed by atoms with van der Waals surface area (Å²) in [6.07, 6.45) is 1.02. The smallest absolute Gasteiger partial charge is 0.323 e. The highest BCUT2D eigenvalue weighted by Gasteiger charge is 2.47. The van der Waals surface area contributed by atoms with Crippen LogP contribution < -0.4 is 0 Å². The molecule has 1 heterocycles. The van der Waals surface area contributed by atoms with Crippen LogP contribution in [0, 0.1) is 5.92 Å². The Kier molecular flexibility index (Phi) is 7.27. The van der Waals surface area contributed by atoms with E-state index in [0.717, 1.165) is 5.56 Å². The third-order valence-corrected chi connectivity index (χ3v) is 6.07. The van der Waals surface area contributed by atoms with Crippen LogP contribution in [0.1, 0.15) is 50.0 Å². The number of alkyl halides is 1. The lowest BCUT2D eigenvalue weighted by molar-refractivity contribution is -0.252. The van der Waals surface area contributed by atoms with Crippen LogP contribution in [-0.2, 0) is 19.1 Å². The first-order valence-corrected chi connectivity index (χ1v) is 10.3. The molecule has 150 valence electrons. The highest BCUT2D eigenvalue weighted by Crippen LogP contribution is 2.40. The van der Waals surface area contributed by atoms with Gasteiger partial charge in [0.15, 0.2) is 0 Å². The van der Waals surface area contributed by atoms with Gasteiger partial charge < -0.3 is 14.7 Å². The summed E-state index contributed by atoms with van der Waals surface area (Å²) in [5, 5.41) is 11.6. The normalized spacial score (nSPS) is 20.7. The van der Waals surface area contributed by atoms with E-state index in [1.807, 2.05) is 80.6 Å². The lowest BCUT2D eigenvalue weighted by Crippen LogP contribution is -2.60. The van der Waals surface area contributed by atoms with E-state index in [-0.39, 0.29) is 31.1 Å². The summed E-state index contributed by atoms with van der Waals surface area (Å²) in [5.41, 5.74) is -0.148. The molecule has 1 aromatic rings. The summed E-state index contributed by atoms with van der Waals surface area (Å²) in [5.74, 6) is -0.959. The third kappa shape index (κ3) is 5.65. The van der Waals surface area contributed by atoms with Crippen molar-refractivity contribution in [2.24, 2.45) is 5.92 Å². The van der Waals surface area contributed by atoms with Crippen LogP contribution >= 0.6 is 22.6 Å². The van der Waals surface area contributed by atoms with Gasteiger partial charge in [0.05, 0.1) is 5.92 Å².